The second-order valence-corrected chi connectivity index (χ2v) is 6.95. The maximum absolute atomic E-state index is 3.53. The van der Waals surface area contributed by atoms with Crippen LogP contribution in [0.15, 0.2) is 41.8 Å². The molecule has 0 radical (unpaired) electrons. The number of nitrogens with one attached hydrogen (secondary N) is 1. The van der Waals surface area contributed by atoms with Gasteiger partial charge >= 0.3 is 0 Å². The first-order valence-electron chi connectivity index (χ1n) is 6.66. The Morgan fingerprint density at radius 3 is 2.74 bits per heavy atom. The van der Waals surface area contributed by atoms with Crippen molar-refractivity contribution in [2.45, 2.75) is 25.1 Å². The molecule has 0 aliphatic heterocycles. The van der Waals surface area contributed by atoms with Gasteiger partial charge in [-0.25, -0.2) is 0 Å². The van der Waals surface area contributed by atoms with Crippen molar-refractivity contribution in [1.29, 1.82) is 0 Å². The van der Waals surface area contributed by atoms with Gasteiger partial charge in [-0.3, -0.25) is 0 Å². The summed E-state index contributed by atoms with van der Waals surface area (Å²) in [4.78, 5) is 1.41. The largest absolute Gasteiger partial charge is 0.312 e. The van der Waals surface area contributed by atoms with Crippen LogP contribution in [0.2, 0.25) is 0 Å². The second-order valence-electron chi connectivity index (χ2n) is 4.68. The fraction of sp³-hybridized carbons (Fsp3) is 0.375. The molecule has 0 spiro atoms. The maximum atomic E-state index is 3.53. The maximum Gasteiger partial charge on any atom is 0.0299 e. The Balaban J connectivity index is 1.82. The smallest absolute Gasteiger partial charge is 0.0299 e. The van der Waals surface area contributed by atoms with E-state index in [-0.39, 0.29) is 0 Å². The topological polar surface area (TPSA) is 12.0 Å². The third-order valence-corrected chi connectivity index (χ3v) is 5.17. The summed E-state index contributed by atoms with van der Waals surface area (Å²) in [6.45, 7) is 4.37. The van der Waals surface area contributed by atoms with Crippen molar-refractivity contribution in [2.24, 2.45) is 0 Å². The van der Waals surface area contributed by atoms with E-state index in [1.165, 1.54) is 22.4 Å². The molecule has 19 heavy (non-hydrogen) atoms. The summed E-state index contributed by atoms with van der Waals surface area (Å²) in [5.41, 5.74) is 2.64. The van der Waals surface area contributed by atoms with E-state index >= 15 is 0 Å². The van der Waals surface area contributed by atoms with E-state index < -0.39 is 0 Å². The van der Waals surface area contributed by atoms with Gasteiger partial charge in [-0.1, -0.05) is 37.3 Å². The fourth-order valence-electron chi connectivity index (χ4n) is 1.89. The number of rotatable bonds is 7. The summed E-state index contributed by atoms with van der Waals surface area (Å²) in [6, 6.07) is 12.9. The Hall–Kier alpha value is -0.770. The van der Waals surface area contributed by atoms with Crippen LogP contribution < -0.4 is 5.32 Å². The highest BCUT2D eigenvalue weighted by molar-refractivity contribution is 7.99. The Kier molecular flexibility index (Phi) is 5.95. The molecule has 1 aromatic carbocycles. The van der Waals surface area contributed by atoms with Gasteiger partial charge in [0.1, 0.15) is 0 Å². The fourth-order valence-corrected chi connectivity index (χ4v) is 3.11. The van der Waals surface area contributed by atoms with Gasteiger partial charge in [-0.15, -0.1) is 11.3 Å². The molecule has 102 valence electrons. The summed E-state index contributed by atoms with van der Waals surface area (Å²) < 4.78 is 0. The minimum absolute atomic E-state index is 0.746. The van der Waals surface area contributed by atoms with Gasteiger partial charge in [0, 0.05) is 16.7 Å². The van der Waals surface area contributed by atoms with Crippen LogP contribution in [0.3, 0.4) is 0 Å². The van der Waals surface area contributed by atoms with Crippen molar-refractivity contribution in [3.05, 3.63) is 46.7 Å². The van der Waals surface area contributed by atoms with E-state index in [0.29, 0.717) is 0 Å². The lowest BCUT2D eigenvalue weighted by molar-refractivity contribution is 0.653. The van der Waals surface area contributed by atoms with E-state index in [2.05, 4.69) is 60.3 Å². The number of hydrogen-bond donors (Lipinski definition) is 1. The molecule has 3 heteroatoms. The third kappa shape index (κ3) is 4.68. The molecule has 0 amide bonds. The van der Waals surface area contributed by atoms with Gasteiger partial charge in [-0.2, -0.15) is 11.8 Å². The van der Waals surface area contributed by atoms with Crippen LogP contribution in [0.5, 0.6) is 0 Å². The van der Waals surface area contributed by atoms with E-state index in [0.717, 1.165) is 18.3 Å². The second kappa shape index (κ2) is 7.73. The Labute approximate surface area is 124 Å². The molecule has 1 aromatic heterocycles. The Bertz CT molecular complexity index is 479. The lowest BCUT2D eigenvalue weighted by Crippen LogP contribution is -2.16. The van der Waals surface area contributed by atoms with Crippen LogP contribution >= 0.6 is 23.1 Å². The quantitative estimate of drug-likeness (QED) is 0.745. The van der Waals surface area contributed by atoms with Gasteiger partial charge in [0.2, 0.25) is 0 Å². The molecule has 1 unspecified atom stereocenters. The SMILES string of the molecule is CSC(C)CCNCc1cc(-c2ccccc2)cs1. The average molecular weight is 291 g/mol. The van der Waals surface area contributed by atoms with Crippen molar-refractivity contribution in [3.63, 3.8) is 0 Å². The standard InChI is InChI=1S/C16H21NS2/c1-13(18-2)8-9-17-11-16-10-15(12-19-16)14-6-4-3-5-7-14/h3-7,10,12-13,17H,8-9,11H2,1-2H3. The van der Waals surface area contributed by atoms with Crippen LogP contribution in [0, 0.1) is 0 Å². The van der Waals surface area contributed by atoms with Gasteiger partial charge in [0.25, 0.3) is 0 Å². The van der Waals surface area contributed by atoms with E-state index in [4.69, 9.17) is 0 Å². The van der Waals surface area contributed by atoms with Gasteiger partial charge in [0.05, 0.1) is 0 Å². The van der Waals surface area contributed by atoms with Crippen molar-refractivity contribution < 1.29 is 0 Å². The van der Waals surface area contributed by atoms with Gasteiger partial charge in [-0.05, 0) is 41.8 Å². The summed E-state index contributed by atoms with van der Waals surface area (Å²) >= 11 is 3.78. The molecular weight excluding hydrogens is 270 g/mol. The van der Waals surface area contributed by atoms with Crippen LogP contribution in [-0.2, 0) is 6.54 Å². The predicted octanol–water partition coefficient (Wildman–Crippen LogP) is 4.65. The lowest BCUT2D eigenvalue weighted by Gasteiger charge is -2.08. The minimum atomic E-state index is 0.746. The Morgan fingerprint density at radius 1 is 1.21 bits per heavy atom. The number of thioether (sulfide) groups is 1. The molecular formula is C16H21NS2. The number of benzene rings is 1. The zero-order valence-corrected chi connectivity index (χ0v) is 13.2. The normalized spacial score (nSPS) is 12.5. The summed E-state index contributed by atoms with van der Waals surface area (Å²) in [5.74, 6) is 0. The van der Waals surface area contributed by atoms with Crippen molar-refractivity contribution in [2.75, 3.05) is 12.8 Å². The third-order valence-electron chi connectivity index (χ3n) is 3.19. The van der Waals surface area contributed by atoms with Crippen molar-refractivity contribution >= 4 is 23.1 Å². The highest BCUT2D eigenvalue weighted by Crippen LogP contribution is 2.25. The van der Waals surface area contributed by atoms with Crippen LogP contribution in [0.1, 0.15) is 18.2 Å². The van der Waals surface area contributed by atoms with Gasteiger partial charge < -0.3 is 5.32 Å². The monoisotopic (exact) mass is 291 g/mol. The summed E-state index contributed by atoms with van der Waals surface area (Å²) in [7, 11) is 0. The van der Waals surface area contributed by atoms with Crippen LogP contribution in [-0.4, -0.2) is 18.1 Å². The summed E-state index contributed by atoms with van der Waals surface area (Å²) in [6.07, 6.45) is 3.41. The molecule has 1 atom stereocenters. The first kappa shape index (κ1) is 14.6. The van der Waals surface area contributed by atoms with Crippen molar-refractivity contribution in [1.82, 2.24) is 5.32 Å². The number of hydrogen-bond acceptors (Lipinski definition) is 3. The molecule has 2 rings (SSSR count). The van der Waals surface area contributed by atoms with Crippen LogP contribution in [0.4, 0.5) is 0 Å². The number of thiophene rings is 1. The Morgan fingerprint density at radius 2 is 2.00 bits per heavy atom. The zero-order valence-electron chi connectivity index (χ0n) is 11.6. The van der Waals surface area contributed by atoms with Crippen molar-refractivity contribution in [3.8, 4) is 11.1 Å². The highest BCUT2D eigenvalue weighted by atomic mass is 32.2. The molecule has 2 aromatic rings. The first-order chi connectivity index (χ1) is 9.29. The average Bonchev–Trinajstić information content (AvgIpc) is 2.93. The van der Waals surface area contributed by atoms with Gasteiger partial charge in [0.15, 0.2) is 0 Å². The van der Waals surface area contributed by atoms with E-state index in [9.17, 15) is 0 Å². The molecule has 1 nitrogen and oxygen atoms in total. The van der Waals surface area contributed by atoms with Crippen LogP contribution in [0.25, 0.3) is 11.1 Å². The zero-order chi connectivity index (χ0) is 13.5. The first-order valence-corrected chi connectivity index (χ1v) is 8.82. The molecule has 1 heterocycles. The molecule has 0 aliphatic carbocycles. The minimum Gasteiger partial charge on any atom is -0.312 e. The lowest BCUT2D eigenvalue weighted by atomic mass is 10.1. The molecule has 1 N–H and O–H groups in total. The molecule has 0 saturated heterocycles. The molecule has 0 aliphatic rings. The highest BCUT2D eigenvalue weighted by Gasteiger charge is 2.02. The predicted molar refractivity (Wildman–Crippen MR) is 89.1 cm³/mol. The molecule has 0 fully saturated rings. The van der Waals surface area contributed by atoms with E-state index in [1.807, 2.05) is 23.1 Å². The van der Waals surface area contributed by atoms with E-state index in [1.54, 1.807) is 0 Å². The molecule has 0 bridgehead atoms. The summed E-state index contributed by atoms with van der Waals surface area (Å²) in [5, 5.41) is 6.52. The molecule has 0 saturated carbocycles.